The van der Waals surface area contributed by atoms with Crippen LogP contribution < -0.4 is 5.01 Å². The van der Waals surface area contributed by atoms with Crippen molar-refractivity contribution in [2.75, 3.05) is 5.01 Å². The molecule has 3 N–H and O–H groups in total. The van der Waals surface area contributed by atoms with Gasteiger partial charge >= 0.3 is 0 Å². The fourth-order valence-corrected chi connectivity index (χ4v) is 3.07. The van der Waals surface area contributed by atoms with Crippen LogP contribution >= 0.6 is 0 Å². The van der Waals surface area contributed by atoms with Gasteiger partial charge in [-0.1, -0.05) is 0 Å². The van der Waals surface area contributed by atoms with Crippen molar-refractivity contribution in [3.05, 3.63) is 52.6 Å². The Balaban J connectivity index is 1.83. The maximum absolute atomic E-state index is 11.1. The number of rotatable bonds is 5. The molecule has 0 spiro atoms. The summed E-state index contributed by atoms with van der Waals surface area (Å²) in [6.07, 6.45) is -1.30. The normalized spacial score (nSPS) is 19.6. The first-order valence-electron chi connectivity index (χ1n) is 8.06. The van der Waals surface area contributed by atoms with E-state index < -0.39 is 27.3 Å². The van der Waals surface area contributed by atoms with E-state index in [0.717, 1.165) is 30.3 Å². The molecule has 3 rings (SSSR count). The van der Waals surface area contributed by atoms with Crippen LogP contribution in [0, 0.1) is 10.1 Å². The molecule has 0 fully saturated rings. The van der Waals surface area contributed by atoms with Gasteiger partial charge in [0.25, 0.3) is 15.8 Å². The van der Waals surface area contributed by atoms with E-state index in [0.29, 0.717) is 11.4 Å². The summed E-state index contributed by atoms with van der Waals surface area (Å²) in [6.45, 7) is 1.58. The molecule has 2 atom stereocenters. The van der Waals surface area contributed by atoms with E-state index in [1.165, 1.54) is 17.1 Å². The summed E-state index contributed by atoms with van der Waals surface area (Å²) in [5, 5.41) is 44.2. The topological polar surface area (TPSA) is 178 Å². The number of nitro benzene ring substituents is 1. The molecule has 0 bridgehead atoms. The number of hydrogen-bond donors (Lipinski definition) is 3. The van der Waals surface area contributed by atoms with Crippen LogP contribution in [0.5, 0.6) is 5.75 Å². The second-order valence-corrected chi connectivity index (χ2v) is 7.48. The Bertz CT molecular complexity index is 1110. The average Bonchev–Trinajstić information content (AvgIpc) is 2.94. The lowest BCUT2D eigenvalue weighted by molar-refractivity contribution is -0.384. The van der Waals surface area contributed by atoms with Crippen LogP contribution in [0.25, 0.3) is 0 Å². The minimum atomic E-state index is -4.35. The molecule has 0 aliphatic carbocycles. The number of aromatic hydroxyl groups is 1. The third-order valence-electron chi connectivity index (χ3n) is 4.09. The second kappa shape index (κ2) is 7.54. The highest BCUT2D eigenvalue weighted by Crippen LogP contribution is 2.32. The number of hydrogen-bond acceptors (Lipinski definition) is 10. The molecule has 1 aliphatic rings. The minimum Gasteiger partial charge on any atom is -0.506 e. The number of phenolic OH excluding ortho intramolecular Hbond substituents is 1. The Hall–Kier alpha value is -3.42. The molecular formula is C16H15N5O7S. The van der Waals surface area contributed by atoms with Gasteiger partial charge in [0.15, 0.2) is 12.3 Å². The van der Waals surface area contributed by atoms with Crippen molar-refractivity contribution in [3.63, 3.8) is 0 Å². The number of nitro groups is 1. The molecule has 2 unspecified atom stereocenters. The van der Waals surface area contributed by atoms with Gasteiger partial charge < -0.3 is 10.2 Å². The Morgan fingerprint density at radius 1 is 1.21 bits per heavy atom. The summed E-state index contributed by atoms with van der Waals surface area (Å²) in [4.78, 5) is 9.89. The standard InChI is InChI=1S/C16H15N5O7S/c1-9-15(18-17-13-8-11(21(24)25)4-7-14(13)22)16(23)20(19-9)10-2-5-12(6-3-10)29(26,27)28/h2-8,15-16,22-23H,1H3,(H,26,27,28). The highest BCUT2D eigenvalue weighted by atomic mass is 32.2. The summed E-state index contributed by atoms with van der Waals surface area (Å²) in [5.74, 6) is -0.320. The summed E-state index contributed by atoms with van der Waals surface area (Å²) >= 11 is 0. The number of non-ortho nitro benzene ring substituents is 1. The van der Waals surface area contributed by atoms with E-state index >= 15 is 0 Å². The van der Waals surface area contributed by atoms with E-state index in [4.69, 9.17) is 4.55 Å². The molecule has 152 valence electrons. The molecule has 1 heterocycles. The van der Waals surface area contributed by atoms with Crippen molar-refractivity contribution in [3.8, 4) is 5.75 Å². The van der Waals surface area contributed by atoms with Crippen LogP contribution in [-0.2, 0) is 10.1 Å². The third-order valence-corrected chi connectivity index (χ3v) is 4.95. The van der Waals surface area contributed by atoms with Gasteiger partial charge in [-0.25, -0.2) is 5.01 Å². The van der Waals surface area contributed by atoms with Crippen LogP contribution in [0.1, 0.15) is 6.92 Å². The van der Waals surface area contributed by atoms with Crippen LogP contribution in [0.4, 0.5) is 17.1 Å². The number of anilines is 1. The number of aliphatic hydroxyl groups excluding tert-OH is 1. The molecule has 29 heavy (non-hydrogen) atoms. The molecule has 12 nitrogen and oxygen atoms in total. The fraction of sp³-hybridized carbons (Fsp3) is 0.188. The second-order valence-electron chi connectivity index (χ2n) is 6.06. The van der Waals surface area contributed by atoms with Crippen LogP contribution in [0.15, 0.2) is 62.7 Å². The molecule has 1 aliphatic heterocycles. The Morgan fingerprint density at radius 3 is 2.45 bits per heavy atom. The zero-order chi connectivity index (χ0) is 21.3. The fourth-order valence-electron chi connectivity index (χ4n) is 2.59. The van der Waals surface area contributed by atoms with Gasteiger partial charge in [-0.05, 0) is 37.3 Å². The first-order chi connectivity index (χ1) is 13.6. The zero-order valence-electron chi connectivity index (χ0n) is 14.8. The number of aliphatic hydroxyl groups is 1. The third kappa shape index (κ3) is 4.21. The highest BCUT2D eigenvalue weighted by Gasteiger charge is 2.35. The molecule has 0 amide bonds. The van der Waals surface area contributed by atoms with E-state index in [-0.39, 0.29) is 22.0 Å². The van der Waals surface area contributed by atoms with Crippen molar-refractivity contribution >= 4 is 32.9 Å². The molecule has 0 aromatic heterocycles. The van der Waals surface area contributed by atoms with Gasteiger partial charge in [0.05, 0.1) is 21.2 Å². The van der Waals surface area contributed by atoms with Crippen molar-refractivity contribution < 1.29 is 28.1 Å². The SMILES string of the molecule is CC1=NN(c2ccc(S(=O)(=O)O)cc2)C(O)C1N=Nc1cc([N+](=O)[O-])ccc1O. The smallest absolute Gasteiger partial charge is 0.294 e. The van der Waals surface area contributed by atoms with E-state index in [9.17, 15) is 28.7 Å². The predicted molar refractivity (Wildman–Crippen MR) is 101 cm³/mol. The number of phenols is 1. The van der Waals surface area contributed by atoms with Crippen molar-refractivity contribution in [2.24, 2.45) is 15.3 Å². The summed E-state index contributed by atoms with van der Waals surface area (Å²) < 4.78 is 31.3. The number of nitrogens with zero attached hydrogens (tertiary/aromatic N) is 5. The van der Waals surface area contributed by atoms with Crippen molar-refractivity contribution in [1.29, 1.82) is 0 Å². The van der Waals surface area contributed by atoms with Crippen LogP contribution in [0.2, 0.25) is 0 Å². The number of azo groups is 1. The predicted octanol–water partition coefficient (Wildman–Crippen LogP) is 2.21. The molecular weight excluding hydrogens is 406 g/mol. The largest absolute Gasteiger partial charge is 0.506 e. The molecule has 2 aromatic rings. The van der Waals surface area contributed by atoms with Gasteiger partial charge in [-0.2, -0.15) is 23.7 Å². The first kappa shape index (κ1) is 20.3. The Kier molecular flexibility index (Phi) is 5.28. The Labute approximate surface area is 164 Å². The lowest BCUT2D eigenvalue weighted by Gasteiger charge is -2.20. The van der Waals surface area contributed by atoms with Gasteiger partial charge in [0.1, 0.15) is 11.4 Å². The van der Waals surface area contributed by atoms with E-state index in [1.54, 1.807) is 6.92 Å². The number of hydrazone groups is 1. The quantitative estimate of drug-likeness (QED) is 0.284. The summed E-state index contributed by atoms with van der Waals surface area (Å²) in [7, 11) is -4.35. The average molecular weight is 421 g/mol. The summed E-state index contributed by atoms with van der Waals surface area (Å²) in [5.41, 5.74) is 0.273. The molecule has 0 saturated carbocycles. The molecule has 13 heteroatoms. The monoisotopic (exact) mass is 421 g/mol. The number of benzene rings is 2. The van der Waals surface area contributed by atoms with Gasteiger partial charge in [-0.3, -0.25) is 14.7 Å². The zero-order valence-corrected chi connectivity index (χ0v) is 15.6. The minimum absolute atomic E-state index is 0.143. The van der Waals surface area contributed by atoms with Crippen LogP contribution in [0.3, 0.4) is 0 Å². The van der Waals surface area contributed by atoms with Crippen LogP contribution in [-0.4, -0.2) is 46.1 Å². The highest BCUT2D eigenvalue weighted by molar-refractivity contribution is 7.85. The Morgan fingerprint density at radius 2 is 1.86 bits per heavy atom. The van der Waals surface area contributed by atoms with Gasteiger partial charge in [-0.15, -0.1) is 0 Å². The molecule has 0 saturated heterocycles. The van der Waals surface area contributed by atoms with Gasteiger partial charge in [0.2, 0.25) is 0 Å². The van der Waals surface area contributed by atoms with Gasteiger partial charge in [0, 0.05) is 12.1 Å². The lowest BCUT2D eigenvalue weighted by atomic mass is 10.2. The first-order valence-corrected chi connectivity index (χ1v) is 9.50. The van der Waals surface area contributed by atoms with E-state index in [1.807, 2.05) is 0 Å². The maximum atomic E-state index is 11.1. The molecule has 0 radical (unpaired) electrons. The van der Waals surface area contributed by atoms with E-state index in [2.05, 4.69) is 15.3 Å². The maximum Gasteiger partial charge on any atom is 0.294 e. The van der Waals surface area contributed by atoms with Crippen molar-refractivity contribution in [1.82, 2.24) is 0 Å². The van der Waals surface area contributed by atoms with Crippen molar-refractivity contribution in [2.45, 2.75) is 24.1 Å². The summed E-state index contributed by atoms with van der Waals surface area (Å²) in [6, 6.07) is 7.32. The lowest BCUT2D eigenvalue weighted by Crippen LogP contribution is -2.35. The molecule has 2 aromatic carbocycles.